The van der Waals surface area contributed by atoms with Gasteiger partial charge in [-0.2, -0.15) is 0 Å². The first kappa shape index (κ1) is 27.5. The molecular formula is C24H39N5O5. The van der Waals surface area contributed by atoms with Crippen molar-refractivity contribution in [2.75, 3.05) is 59.3 Å². The van der Waals surface area contributed by atoms with Crippen molar-refractivity contribution in [2.24, 2.45) is 11.8 Å². The Kier molecular flexibility index (Phi) is 10.7. The third-order valence-electron chi connectivity index (χ3n) is 6.86. The number of anilines is 1. The topological polar surface area (TPSA) is 118 Å². The lowest BCUT2D eigenvalue weighted by Gasteiger charge is -2.57. The van der Waals surface area contributed by atoms with Crippen LogP contribution in [0.3, 0.4) is 0 Å². The lowest BCUT2D eigenvalue weighted by atomic mass is 9.72. The fraction of sp³-hybridized carbons (Fsp3) is 0.667. The van der Waals surface area contributed by atoms with Crippen molar-refractivity contribution in [3.63, 3.8) is 0 Å². The molecule has 1 amide bonds. The average Bonchev–Trinajstić information content (AvgIpc) is 2.82. The highest BCUT2D eigenvalue weighted by Gasteiger charge is 2.47. The fourth-order valence-electron chi connectivity index (χ4n) is 5.67. The minimum Gasteiger partial charge on any atom is -0.483 e. The van der Waals surface area contributed by atoms with Crippen LogP contribution in [0.2, 0.25) is 0 Å². The third kappa shape index (κ3) is 6.89. The molecule has 190 valence electrons. The Morgan fingerprint density at radius 3 is 2.35 bits per heavy atom. The quantitative estimate of drug-likeness (QED) is 0.621. The number of rotatable bonds is 4. The summed E-state index contributed by atoms with van der Waals surface area (Å²) >= 11 is 0. The van der Waals surface area contributed by atoms with E-state index < -0.39 is 0 Å². The van der Waals surface area contributed by atoms with E-state index in [4.69, 9.17) is 24.8 Å². The molecule has 2 N–H and O–H groups in total. The zero-order chi connectivity index (χ0) is 25.3. The summed E-state index contributed by atoms with van der Waals surface area (Å²) in [7, 11) is 7.96. The normalized spacial score (nSPS) is 25.6. The van der Waals surface area contributed by atoms with Gasteiger partial charge in [0.2, 0.25) is 0 Å². The molecule has 0 aromatic carbocycles. The van der Waals surface area contributed by atoms with Gasteiger partial charge in [0.1, 0.15) is 11.5 Å². The molecule has 0 spiro atoms. The maximum Gasteiger partial charge on any atom is 0.290 e. The van der Waals surface area contributed by atoms with Gasteiger partial charge in [0.05, 0.1) is 0 Å². The molecular weight excluding hydrogens is 438 g/mol. The van der Waals surface area contributed by atoms with Crippen molar-refractivity contribution in [3.8, 4) is 0 Å². The molecule has 3 aliphatic rings. The van der Waals surface area contributed by atoms with E-state index in [1.807, 2.05) is 12.1 Å². The van der Waals surface area contributed by atoms with E-state index in [0.717, 1.165) is 25.5 Å². The number of amides is 1. The van der Waals surface area contributed by atoms with Gasteiger partial charge in [-0.1, -0.05) is 12.5 Å². The van der Waals surface area contributed by atoms with Crippen LogP contribution in [0, 0.1) is 11.8 Å². The molecule has 4 atom stereocenters. The van der Waals surface area contributed by atoms with Crippen LogP contribution in [0.1, 0.15) is 36.2 Å². The molecule has 2 bridgehead atoms. The van der Waals surface area contributed by atoms with Gasteiger partial charge in [0.25, 0.3) is 18.9 Å². The lowest BCUT2D eigenvalue weighted by Crippen LogP contribution is -2.65. The summed E-state index contributed by atoms with van der Waals surface area (Å²) in [5.41, 5.74) is 0.544. The summed E-state index contributed by atoms with van der Waals surface area (Å²) in [5, 5.41) is 13.8. The second-order valence-electron chi connectivity index (χ2n) is 9.58. The number of carbonyl (C=O) groups is 3. The monoisotopic (exact) mass is 477 g/mol. The number of hydrogen-bond donors (Lipinski definition) is 2. The van der Waals surface area contributed by atoms with Gasteiger partial charge in [-0.3, -0.25) is 19.3 Å². The molecule has 0 unspecified atom stereocenters. The number of hydrogen-bond acceptors (Lipinski definition) is 7. The highest BCUT2D eigenvalue weighted by atomic mass is 16.3. The van der Waals surface area contributed by atoms with Gasteiger partial charge in [-0.05, 0) is 63.9 Å². The number of carbonyl (C=O) groups excluding carboxylic acids is 1. The van der Waals surface area contributed by atoms with E-state index in [1.165, 1.54) is 32.2 Å². The van der Waals surface area contributed by atoms with Gasteiger partial charge >= 0.3 is 0 Å². The van der Waals surface area contributed by atoms with Crippen LogP contribution in [0.25, 0.3) is 0 Å². The molecule has 4 rings (SSSR count). The SMILES string of the molecule is CN(C)C[C@H]1[C@H]2C[C@H](CN(c3cccc(C(=O)N(C)C)n3)C2)[C@@H]2CCCCN21.O=CO.O=CO. The van der Waals surface area contributed by atoms with Gasteiger partial charge in [0.15, 0.2) is 0 Å². The first-order valence-corrected chi connectivity index (χ1v) is 11.8. The van der Waals surface area contributed by atoms with Crippen molar-refractivity contribution in [1.82, 2.24) is 19.7 Å². The molecule has 3 aliphatic heterocycles. The van der Waals surface area contributed by atoms with Crippen molar-refractivity contribution in [2.45, 2.75) is 37.8 Å². The number of piperidine rings is 3. The van der Waals surface area contributed by atoms with E-state index >= 15 is 0 Å². The molecule has 0 radical (unpaired) electrons. The minimum absolute atomic E-state index is 0.0250. The van der Waals surface area contributed by atoms with Crippen LogP contribution in [-0.4, -0.2) is 115 Å². The summed E-state index contributed by atoms with van der Waals surface area (Å²) in [6.07, 6.45) is 5.39. The van der Waals surface area contributed by atoms with E-state index in [9.17, 15) is 4.79 Å². The largest absolute Gasteiger partial charge is 0.483 e. The van der Waals surface area contributed by atoms with E-state index in [0.29, 0.717) is 29.6 Å². The fourth-order valence-corrected chi connectivity index (χ4v) is 5.67. The van der Waals surface area contributed by atoms with Gasteiger partial charge < -0.3 is 24.9 Å². The van der Waals surface area contributed by atoms with Crippen molar-refractivity contribution in [3.05, 3.63) is 23.9 Å². The van der Waals surface area contributed by atoms with E-state index in [2.05, 4.69) is 34.9 Å². The minimum atomic E-state index is -0.250. The average molecular weight is 478 g/mol. The summed E-state index contributed by atoms with van der Waals surface area (Å²) in [6.45, 7) is 4.01. The predicted molar refractivity (Wildman–Crippen MR) is 130 cm³/mol. The number of aromatic nitrogens is 1. The van der Waals surface area contributed by atoms with Crippen LogP contribution in [0.15, 0.2) is 18.2 Å². The molecule has 3 saturated heterocycles. The van der Waals surface area contributed by atoms with Crippen molar-refractivity contribution in [1.29, 1.82) is 0 Å². The Morgan fingerprint density at radius 1 is 1.09 bits per heavy atom. The molecule has 10 nitrogen and oxygen atoms in total. The first-order chi connectivity index (χ1) is 16.3. The summed E-state index contributed by atoms with van der Waals surface area (Å²) in [4.78, 5) is 43.1. The molecule has 10 heteroatoms. The van der Waals surface area contributed by atoms with Crippen LogP contribution < -0.4 is 4.90 Å². The van der Waals surface area contributed by atoms with E-state index in [-0.39, 0.29) is 18.9 Å². The maximum absolute atomic E-state index is 12.4. The van der Waals surface area contributed by atoms with Crippen LogP contribution in [0.4, 0.5) is 5.82 Å². The lowest BCUT2D eigenvalue weighted by molar-refractivity contribution is -0.123. The smallest absolute Gasteiger partial charge is 0.290 e. The number of carboxylic acid groups (broad SMARTS) is 2. The number of likely N-dealkylation sites (N-methyl/N-ethyl adjacent to an activating group) is 1. The second-order valence-corrected chi connectivity index (χ2v) is 9.58. The molecule has 0 saturated carbocycles. The standard InChI is InChI=1S/C22H35N5O.2CH2O2/c1-24(2)15-20-17-12-16(19-9-5-6-11-27(19)20)13-26(14-17)21-10-7-8-18(23-21)22(28)25(3)4;2*2-1-3/h7-8,10,16-17,19-20H,5-6,9,11-15H2,1-4H3;2*1H,(H,2,3)/t16-,17+,19+,20+;;/m1../s1. The Bertz CT molecular complexity index is 800. The van der Waals surface area contributed by atoms with Gasteiger partial charge in [-0.25, -0.2) is 4.98 Å². The van der Waals surface area contributed by atoms with Crippen LogP contribution in [0.5, 0.6) is 0 Å². The second kappa shape index (κ2) is 13.2. The van der Waals surface area contributed by atoms with Crippen LogP contribution in [-0.2, 0) is 9.59 Å². The van der Waals surface area contributed by atoms with Crippen LogP contribution >= 0.6 is 0 Å². The summed E-state index contributed by atoms with van der Waals surface area (Å²) < 4.78 is 0. The first-order valence-electron chi connectivity index (χ1n) is 11.8. The van der Waals surface area contributed by atoms with Gasteiger partial charge in [-0.15, -0.1) is 0 Å². The summed E-state index contributed by atoms with van der Waals surface area (Å²) in [5.74, 6) is 2.33. The highest BCUT2D eigenvalue weighted by Crippen LogP contribution is 2.42. The Balaban J connectivity index is 0.000000618. The van der Waals surface area contributed by atoms with Crippen molar-refractivity contribution < 1.29 is 24.6 Å². The molecule has 34 heavy (non-hydrogen) atoms. The summed E-state index contributed by atoms with van der Waals surface area (Å²) in [6, 6.07) is 7.23. The molecule has 1 aromatic heterocycles. The number of fused-ring (bicyclic) bond motifs is 4. The molecule has 1 aromatic rings. The molecule has 3 fully saturated rings. The molecule has 4 heterocycles. The number of pyridine rings is 1. The number of nitrogens with zero attached hydrogens (tertiary/aromatic N) is 5. The zero-order valence-electron chi connectivity index (χ0n) is 20.7. The molecule has 0 aliphatic carbocycles. The predicted octanol–water partition coefficient (Wildman–Crippen LogP) is 1.43. The van der Waals surface area contributed by atoms with Gasteiger partial charge in [0, 0.05) is 45.8 Å². The Morgan fingerprint density at radius 2 is 1.74 bits per heavy atom. The van der Waals surface area contributed by atoms with Crippen molar-refractivity contribution >= 4 is 24.7 Å². The third-order valence-corrected chi connectivity index (χ3v) is 6.86. The highest BCUT2D eigenvalue weighted by molar-refractivity contribution is 5.92. The Hall–Kier alpha value is -2.72. The Labute approximate surface area is 202 Å². The van der Waals surface area contributed by atoms with E-state index in [1.54, 1.807) is 19.0 Å². The zero-order valence-corrected chi connectivity index (χ0v) is 20.7. The maximum atomic E-state index is 12.4.